The van der Waals surface area contributed by atoms with Crippen LogP contribution in [0.3, 0.4) is 0 Å². The van der Waals surface area contributed by atoms with Gasteiger partial charge in [-0.15, -0.1) is 0 Å². The van der Waals surface area contributed by atoms with Crippen molar-refractivity contribution in [2.45, 2.75) is 27.2 Å². The third kappa shape index (κ3) is 5.56. The predicted molar refractivity (Wildman–Crippen MR) is 53.4 cm³/mol. The quantitative estimate of drug-likeness (QED) is 0.594. The summed E-state index contributed by atoms with van der Waals surface area (Å²) >= 11 is 0. The Hall–Kier alpha value is -0.0800. The molecule has 2 nitrogen and oxygen atoms in total. The maximum atomic E-state index is 5.16. The molecule has 1 unspecified atom stereocenters. The molecule has 2 heteroatoms. The van der Waals surface area contributed by atoms with E-state index < -0.39 is 0 Å². The fourth-order valence-electron chi connectivity index (χ4n) is 1.17. The molecule has 0 aromatic carbocycles. The van der Waals surface area contributed by atoms with Gasteiger partial charge in [0.1, 0.15) is 0 Å². The largest absolute Gasteiger partial charge is 0.384 e. The average Bonchev–Trinajstić information content (AvgIpc) is 2.03. The van der Waals surface area contributed by atoms with Gasteiger partial charge in [-0.2, -0.15) is 0 Å². The minimum absolute atomic E-state index is 0.654. The van der Waals surface area contributed by atoms with E-state index in [9.17, 15) is 0 Å². The highest BCUT2D eigenvalue weighted by atomic mass is 16.5. The van der Waals surface area contributed by atoms with Crippen molar-refractivity contribution in [1.82, 2.24) is 5.32 Å². The Balaban J connectivity index is 3.49. The molecule has 0 fully saturated rings. The molecule has 1 N–H and O–H groups in total. The summed E-state index contributed by atoms with van der Waals surface area (Å²) in [6, 6.07) is 0. The van der Waals surface area contributed by atoms with Crippen LogP contribution in [0.2, 0.25) is 0 Å². The highest BCUT2D eigenvalue weighted by Gasteiger charge is 2.11. The van der Waals surface area contributed by atoms with E-state index in [0.29, 0.717) is 11.8 Å². The van der Waals surface area contributed by atoms with Crippen LogP contribution in [-0.4, -0.2) is 26.8 Å². The molecule has 0 bridgehead atoms. The normalized spacial score (nSPS) is 13.8. The molecule has 1 atom stereocenters. The maximum absolute atomic E-state index is 5.16. The molecule has 0 radical (unpaired) electrons. The van der Waals surface area contributed by atoms with Crippen molar-refractivity contribution < 1.29 is 4.74 Å². The van der Waals surface area contributed by atoms with Gasteiger partial charge in [0.15, 0.2) is 0 Å². The van der Waals surface area contributed by atoms with Crippen molar-refractivity contribution in [2.75, 3.05) is 26.8 Å². The zero-order valence-corrected chi connectivity index (χ0v) is 8.89. The zero-order valence-electron chi connectivity index (χ0n) is 8.89. The smallest absolute Gasteiger partial charge is 0.0505 e. The number of ether oxygens (including phenoxy) is 1. The van der Waals surface area contributed by atoms with E-state index in [4.69, 9.17) is 4.74 Å². The van der Waals surface area contributed by atoms with Crippen LogP contribution in [0.5, 0.6) is 0 Å². The van der Waals surface area contributed by atoms with E-state index >= 15 is 0 Å². The Morgan fingerprint density at radius 3 is 2.42 bits per heavy atom. The topological polar surface area (TPSA) is 21.3 Å². The third-order valence-electron chi connectivity index (χ3n) is 2.16. The SMILES string of the molecule is CCCNCC(COC)C(C)C. The van der Waals surface area contributed by atoms with Gasteiger partial charge < -0.3 is 10.1 Å². The van der Waals surface area contributed by atoms with Crippen molar-refractivity contribution in [1.29, 1.82) is 0 Å². The molecule has 0 aliphatic heterocycles. The Morgan fingerprint density at radius 2 is 2.00 bits per heavy atom. The zero-order chi connectivity index (χ0) is 9.40. The minimum atomic E-state index is 0.654. The van der Waals surface area contributed by atoms with Gasteiger partial charge in [-0.3, -0.25) is 0 Å². The number of hydrogen-bond acceptors (Lipinski definition) is 2. The fraction of sp³-hybridized carbons (Fsp3) is 1.00. The fourth-order valence-corrected chi connectivity index (χ4v) is 1.17. The number of rotatable bonds is 7. The minimum Gasteiger partial charge on any atom is -0.384 e. The van der Waals surface area contributed by atoms with Crippen LogP contribution in [0.4, 0.5) is 0 Å². The molecule has 0 rings (SSSR count). The molecule has 0 saturated heterocycles. The van der Waals surface area contributed by atoms with Crippen LogP contribution >= 0.6 is 0 Å². The Kier molecular flexibility index (Phi) is 7.51. The standard InChI is InChI=1S/C10H23NO/c1-5-6-11-7-10(8-12-4)9(2)3/h9-11H,5-8H2,1-4H3. The first-order valence-corrected chi connectivity index (χ1v) is 4.92. The van der Waals surface area contributed by atoms with Crippen LogP contribution in [0.25, 0.3) is 0 Å². The first-order chi connectivity index (χ1) is 5.72. The first-order valence-electron chi connectivity index (χ1n) is 4.92. The van der Waals surface area contributed by atoms with E-state index in [2.05, 4.69) is 26.1 Å². The Labute approximate surface area is 76.7 Å². The molecule has 0 aliphatic rings. The lowest BCUT2D eigenvalue weighted by molar-refractivity contribution is 0.128. The molecule has 0 aliphatic carbocycles. The molecule has 74 valence electrons. The summed E-state index contributed by atoms with van der Waals surface area (Å²) in [5.41, 5.74) is 0. The van der Waals surface area contributed by atoms with E-state index in [1.165, 1.54) is 6.42 Å². The Bertz CT molecular complexity index is 93.8. The van der Waals surface area contributed by atoms with Gasteiger partial charge in [0.25, 0.3) is 0 Å². The second kappa shape index (κ2) is 7.56. The lowest BCUT2D eigenvalue weighted by Crippen LogP contribution is -2.29. The molecule has 0 aromatic heterocycles. The summed E-state index contributed by atoms with van der Waals surface area (Å²) in [6.45, 7) is 9.75. The first kappa shape index (κ1) is 11.9. The van der Waals surface area contributed by atoms with E-state index in [0.717, 1.165) is 19.7 Å². The lowest BCUT2D eigenvalue weighted by Gasteiger charge is -2.20. The number of nitrogens with one attached hydrogen (secondary N) is 1. The maximum Gasteiger partial charge on any atom is 0.0505 e. The predicted octanol–water partition coefficient (Wildman–Crippen LogP) is 1.90. The summed E-state index contributed by atoms with van der Waals surface area (Å²) in [7, 11) is 1.77. The van der Waals surface area contributed by atoms with E-state index in [1.807, 2.05) is 0 Å². The molecule has 0 aromatic rings. The van der Waals surface area contributed by atoms with Gasteiger partial charge in [0.2, 0.25) is 0 Å². The van der Waals surface area contributed by atoms with Crippen molar-refractivity contribution in [3.05, 3.63) is 0 Å². The van der Waals surface area contributed by atoms with Crippen molar-refractivity contribution in [3.63, 3.8) is 0 Å². The number of hydrogen-bond donors (Lipinski definition) is 1. The van der Waals surface area contributed by atoms with Crippen LogP contribution in [0.15, 0.2) is 0 Å². The lowest BCUT2D eigenvalue weighted by atomic mass is 9.97. The van der Waals surface area contributed by atoms with E-state index in [-0.39, 0.29) is 0 Å². The molecular weight excluding hydrogens is 150 g/mol. The second-order valence-corrected chi connectivity index (χ2v) is 3.66. The van der Waals surface area contributed by atoms with Gasteiger partial charge >= 0.3 is 0 Å². The molecular formula is C10H23NO. The summed E-state index contributed by atoms with van der Waals surface area (Å²) < 4.78 is 5.16. The van der Waals surface area contributed by atoms with Crippen molar-refractivity contribution in [2.24, 2.45) is 11.8 Å². The summed E-state index contributed by atoms with van der Waals surface area (Å²) in [4.78, 5) is 0. The van der Waals surface area contributed by atoms with Crippen molar-refractivity contribution in [3.8, 4) is 0 Å². The number of methoxy groups -OCH3 is 1. The van der Waals surface area contributed by atoms with Gasteiger partial charge in [-0.1, -0.05) is 20.8 Å². The molecule has 0 saturated carbocycles. The molecule has 0 amide bonds. The average molecular weight is 173 g/mol. The molecule has 12 heavy (non-hydrogen) atoms. The second-order valence-electron chi connectivity index (χ2n) is 3.66. The Morgan fingerprint density at radius 1 is 1.33 bits per heavy atom. The van der Waals surface area contributed by atoms with Crippen LogP contribution < -0.4 is 5.32 Å². The van der Waals surface area contributed by atoms with Gasteiger partial charge in [-0.05, 0) is 24.8 Å². The van der Waals surface area contributed by atoms with Gasteiger partial charge in [0.05, 0.1) is 6.61 Å². The highest BCUT2D eigenvalue weighted by molar-refractivity contribution is 4.64. The van der Waals surface area contributed by atoms with Gasteiger partial charge in [0, 0.05) is 13.7 Å². The van der Waals surface area contributed by atoms with Crippen molar-refractivity contribution >= 4 is 0 Å². The van der Waals surface area contributed by atoms with Crippen LogP contribution in [0.1, 0.15) is 27.2 Å². The monoisotopic (exact) mass is 173 g/mol. The van der Waals surface area contributed by atoms with Crippen LogP contribution in [0, 0.1) is 11.8 Å². The van der Waals surface area contributed by atoms with Crippen LogP contribution in [-0.2, 0) is 4.74 Å². The molecule has 0 heterocycles. The van der Waals surface area contributed by atoms with Gasteiger partial charge in [-0.25, -0.2) is 0 Å². The summed E-state index contributed by atoms with van der Waals surface area (Å²) in [5, 5.41) is 3.42. The highest BCUT2D eigenvalue weighted by Crippen LogP contribution is 2.09. The third-order valence-corrected chi connectivity index (χ3v) is 2.16. The summed E-state index contributed by atoms with van der Waals surface area (Å²) in [6.07, 6.45) is 1.21. The summed E-state index contributed by atoms with van der Waals surface area (Å²) in [5.74, 6) is 1.36. The van der Waals surface area contributed by atoms with E-state index in [1.54, 1.807) is 7.11 Å². The molecule has 0 spiro atoms.